The highest BCUT2D eigenvalue weighted by atomic mass is 16.3. The number of nitrogens with zero attached hydrogens (tertiary/aromatic N) is 2. The molecule has 1 heterocycles. The van der Waals surface area contributed by atoms with E-state index in [0.717, 1.165) is 22.4 Å². The second kappa shape index (κ2) is 14.0. The van der Waals surface area contributed by atoms with E-state index >= 15 is 0 Å². The largest absolute Gasteiger partial charge is 0.390 e. The number of nitrogens with one attached hydrogen (secondary N) is 2. The fourth-order valence-corrected chi connectivity index (χ4v) is 4.28. The summed E-state index contributed by atoms with van der Waals surface area (Å²) in [6.45, 7) is 5.22. The van der Waals surface area contributed by atoms with Gasteiger partial charge in [0, 0.05) is 24.8 Å². The number of hydrogen-bond acceptors (Lipinski definition) is 7. The van der Waals surface area contributed by atoms with E-state index < -0.39 is 42.0 Å². The van der Waals surface area contributed by atoms with Crippen molar-refractivity contribution in [2.24, 2.45) is 11.3 Å². The van der Waals surface area contributed by atoms with Gasteiger partial charge in [0.1, 0.15) is 12.6 Å². The molecular formula is C30H39N5O4. The van der Waals surface area contributed by atoms with Gasteiger partial charge in [-0.2, -0.15) is 0 Å². The first-order chi connectivity index (χ1) is 18.6. The molecule has 0 aliphatic rings. The molecule has 0 spiro atoms. The van der Waals surface area contributed by atoms with Crippen molar-refractivity contribution in [3.63, 3.8) is 0 Å². The van der Waals surface area contributed by atoms with Gasteiger partial charge in [0.15, 0.2) is 0 Å². The molecule has 6 N–H and O–H groups in total. The molecule has 0 aliphatic heterocycles. The van der Waals surface area contributed by atoms with Crippen molar-refractivity contribution in [3.8, 4) is 11.3 Å². The molecular weight excluding hydrogens is 494 g/mol. The molecule has 1 aromatic heterocycles. The normalized spacial score (nSPS) is 13.9. The molecule has 3 aromatic rings. The quantitative estimate of drug-likeness (QED) is 0.177. The van der Waals surface area contributed by atoms with Gasteiger partial charge in [0.05, 0.1) is 17.8 Å². The number of pyridine rings is 1. The first-order valence-corrected chi connectivity index (χ1v) is 13.0. The van der Waals surface area contributed by atoms with Crippen LogP contribution < -0.4 is 16.5 Å². The minimum absolute atomic E-state index is 0.100. The number of carbonyl (C=O) groups excluding carboxylic acids is 2. The van der Waals surface area contributed by atoms with Gasteiger partial charge < -0.3 is 20.8 Å². The molecule has 0 aliphatic carbocycles. The molecule has 0 bridgehead atoms. The molecule has 208 valence electrons. The highest BCUT2D eigenvalue weighted by Crippen LogP contribution is 2.21. The number of aliphatic hydroxyl groups excluding tert-OH is 2. The van der Waals surface area contributed by atoms with E-state index in [1.54, 1.807) is 6.20 Å². The number of aromatic nitrogens is 1. The van der Waals surface area contributed by atoms with Gasteiger partial charge in [-0.1, -0.05) is 81.4 Å². The van der Waals surface area contributed by atoms with Crippen LogP contribution in [0.4, 0.5) is 0 Å². The van der Waals surface area contributed by atoms with Crippen molar-refractivity contribution in [2.45, 2.75) is 51.9 Å². The monoisotopic (exact) mass is 533 g/mol. The number of nitrogens with two attached hydrogens (primary N) is 1. The summed E-state index contributed by atoms with van der Waals surface area (Å²) < 4.78 is 0. The predicted molar refractivity (Wildman–Crippen MR) is 151 cm³/mol. The van der Waals surface area contributed by atoms with E-state index in [-0.39, 0.29) is 6.54 Å². The molecule has 0 saturated carbocycles. The van der Waals surface area contributed by atoms with E-state index in [1.165, 1.54) is 5.01 Å². The molecule has 2 aromatic carbocycles. The van der Waals surface area contributed by atoms with Gasteiger partial charge in [-0.25, -0.2) is 5.01 Å². The molecule has 0 radical (unpaired) electrons. The van der Waals surface area contributed by atoms with Crippen LogP contribution in [0.5, 0.6) is 0 Å². The SMILES string of the molecule is CC(C)(C)[C@H](NC(=O)CO)C(=O)N[C@@H](Cc1ccccc1)[C@@H](O)CN(N)Cc1ccc(-c2ccccn2)cc1. The average molecular weight is 534 g/mol. The minimum Gasteiger partial charge on any atom is -0.390 e. The lowest BCUT2D eigenvalue weighted by atomic mass is 9.85. The maximum Gasteiger partial charge on any atom is 0.246 e. The van der Waals surface area contributed by atoms with E-state index in [2.05, 4.69) is 15.6 Å². The Balaban J connectivity index is 1.70. The van der Waals surface area contributed by atoms with E-state index in [9.17, 15) is 19.8 Å². The number of aliphatic hydroxyl groups is 2. The van der Waals surface area contributed by atoms with Crippen LogP contribution >= 0.6 is 0 Å². The Hall–Kier alpha value is -3.63. The van der Waals surface area contributed by atoms with Gasteiger partial charge in [-0.3, -0.25) is 20.4 Å². The number of hydrogen-bond donors (Lipinski definition) is 5. The second-order valence-electron chi connectivity index (χ2n) is 10.7. The minimum atomic E-state index is -0.999. The van der Waals surface area contributed by atoms with Crippen molar-refractivity contribution in [3.05, 3.63) is 90.1 Å². The molecule has 0 fully saturated rings. The zero-order valence-corrected chi connectivity index (χ0v) is 22.7. The fourth-order valence-electron chi connectivity index (χ4n) is 4.28. The van der Waals surface area contributed by atoms with Crippen LogP contribution in [0.25, 0.3) is 11.3 Å². The lowest BCUT2D eigenvalue weighted by molar-refractivity contribution is -0.133. The molecule has 3 rings (SSSR count). The van der Waals surface area contributed by atoms with Crippen LogP contribution in [0.15, 0.2) is 79.0 Å². The summed E-state index contributed by atoms with van der Waals surface area (Å²) in [7, 11) is 0. The summed E-state index contributed by atoms with van der Waals surface area (Å²) in [6, 6.07) is 21.6. The highest BCUT2D eigenvalue weighted by molar-refractivity contribution is 5.88. The summed E-state index contributed by atoms with van der Waals surface area (Å²) in [6.07, 6.45) is 1.12. The summed E-state index contributed by atoms with van der Waals surface area (Å²) in [4.78, 5) is 29.6. The standard InChI is InChI=1S/C30H39N5O4/c1-30(2,3)28(34-27(38)20-36)29(39)33-25(17-21-9-5-4-6-10-21)26(37)19-35(31)18-22-12-14-23(15-13-22)24-11-7-8-16-32-24/h4-16,25-26,28,36-37H,17-20,31H2,1-3H3,(H,33,39)(H,34,38)/t25-,26-,28+/m0/s1. The number of carbonyl (C=O) groups is 2. The maximum atomic E-state index is 13.3. The van der Waals surface area contributed by atoms with Gasteiger partial charge in [-0.15, -0.1) is 0 Å². The Bertz CT molecular complexity index is 1180. The number of amides is 2. The van der Waals surface area contributed by atoms with Gasteiger partial charge >= 0.3 is 0 Å². The summed E-state index contributed by atoms with van der Waals surface area (Å²) in [5.41, 5.74) is 3.15. The highest BCUT2D eigenvalue weighted by Gasteiger charge is 2.35. The Labute approximate surface area is 230 Å². The van der Waals surface area contributed by atoms with Crippen LogP contribution in [0.1, 0.15) is 31.9 Å². The predicted octanol–water partition coefficient (Wildman–Crippen LogP) is 2.04. The van der Waals surface area contributed by atoms with Gasteiger partial charge in [0.2, 0.25) is 11.8 Å². The van der Waals surface area contributed by atoms with Crippen molar-refractivity contribution in [1.29, 1.82) is 0 Å². The molecule has 0 saturated heterocycles. The Morgan fingerprint density at radius 3 is 2.21 bits per heavy atom. The average Bonchev–Trinajstić information content (AvgIpc) is 2.91. The number of rotatable bonds is 12. The van der Waals surface area contributed by atoms with Crippen LogP contribution in [-0.4, -0.2) is 63.4 Å². The third-order valence-electron chi connectivity index (χ3n) is 6.39. The van der Waals surface area contributed by atoms with Crippen molar-refractivity contribution in [1.82, 2.24) is 20.6 Å². The zero-order valence-electron chi connectivity index (χ0n) is 22.7. The van der Waals surface area contributed by atoms with Crippen LogP contribution in [-0.2, 0) is 22.6 Å². The third-order valence-corrected chi connectivity index (χ3v) is 6.39. The zero-order chi connectivity index (χ0) is 28.4. The molecule has 9 nitrogen and oxygen atoms in total. The van der Waals surface area contributed by atoms with Crippen LogP contribution in [0.3, 0.4) is 0 Å². The third kappa shape index (κ3) is 9.26. The van der Waals surface area contributed by atoms with E-state index in [1.807, 2.05) is 93.6 Å². The van der Waals surface area contributed by atoms with E-state index in [4.69, 9.17) is 5.84 Å². The van der Waals surface area contributed by atoms with Crippen LogP contribution in [0.2, 0.25) is 0 Å². The molecule has 2 amide bonds. The second-order valence-corrected chi connectivity index (χ2v) is 10.7. The summed E-state index contributed by atoms with van der Waals surface area (Å²) >= 11 is 0. The van der Waals surface area contributed by atoms with E-state index in [0.29, 0.717) is 13.0 Å². The first-order valence-electron chi connectivity index (χ1n) is 13.0. The Morgan fingerprint density at radius 2 is 1.62 bits per heavy atom. The molecule has 9 heteroatoms. The summed E-state index contributed by atoms with van der Waals surface area (Å²) in [5, 5.41) is 27.4. The molecule has 39 heavy (non-hydrogen) atoms. The van der Waals surface area contributed by atoms with Crippen LogP contribution in [0, 0.1) is 5.41 Å². The Kier molecular flexibility index (Phi) is 10.7. The molecule has 0 unspecified atom stereocenters. The lowest BCUT2D eigenvalue weighted by Crippen LogP contribution is -2.59. The lowest BCUT2D eigenvalue weighted by Gasteiger charge is -2.34. The Morgan fingerprint density at radius 1 is 0.949 bits per heavy atom. The number of benzene rings is 2. The maximum absolute atomic E-state index is 13.3. The molecule has 3 atom stereocenters. The number of hydrazine groups is 1. The van der Waals surface area contributed by atoms with Gasteiger partial charge in [-0.05, 0) is 35.1 Å². The van der Waals surface area contributed by atoms with Gasteiger partial charge in [0.25, 0.3) is 0 Å². The van der Waals surface area contributed by atoms with Crippen molar-refractivity contribution >= 4 is 11.8 Å². The van der Waals surface area contributed by atoms with Crippen molar-refractivity contribution in [2.75, 3.05) is 13.2 Å². The first kappa shape index (κ1) is 29.9. The summed E-state index contributed by atoms with van der Waals surface area (Å²) in [5.74, 6) is 5.20. The smallest absolute Gasteiger partial charge is 0.246 e. The topological polar surface area (TPSA) is 141 Å². The van der Waals surface area contributed by atoms with Crippen molar-refractivity contribution < 1.29 is 19.8 Å². The fraction of sp³-hybridized carbons (Fsp3) is 0.367.